The summed E-state index contributed by atoms with van der Waals surface area (Å²) >= 11 is 3.08. The van der Waals surface area contributed by atoms with E-state index in [1.807, 2.05) is 13.8 Å². The van der Waals surface area contributed by atoms with E-state index in [0.29, 0.717) is 22.4 Å². The Balaban J connectivity index is 2.50. The van der Waals surface area contributed by atoms with Gasteiger partial charge in [-0.25, -0.2) is 9.18 Å². The smallest absolute Gasteiger partial charge is 0.405 e. The van der Waals surface area contributed by atoms with Gasteiger partial charge in [0.1, 0.15) is 11.6 Å². The van der Waals surface area contributed by atoms with Gasteiger partial charge in [-0.05, 0) is 28.1 Å². The van der Waals surface area contributed by atoms with Gasteiger partial charge in [0, 0.05) is 11.0 Å². The van der Waals surface area contributed by atoms with Crippen LogP contribution in [0.1, 0.15) is 25.5 Å². The molecule has 6 heteroatoms. The summed E-state index contributed by atoms with van der Waals surface area (Å²) in [5, 5.41) is 11.3. The van der Waals surface area contributed by atoms with Gasteiger partial charge in [-0.15, -0.1) is 0 Å². The van der Waals surface area contributed by atoms with Crippen molar-refractivity contribution in [1.29, 1.82) is 0 Å². The van der Waals surface area contributed by atoms with Gasteiger partial charge in [-0.1, -0.05) is 13.8 Å². The Morgan fingerprint density at radius 3 is 2.89 bits per heavy atom. The minimum atomic E-state index is -1.13. The molecule has 0 aromatic heterocycles. The molecule has 0 saturated heterocycles. The van der Waals surface area contributed by atoms with Gasteiger partial charge >= 0.3 is 6.09 Å². The number of nitrogens with one attached hydrogen (secondary N) is 1. The van der Waals surface area contributed by atoms with Crippen molar-refractivity contribution in [3.05, 3.63) is 28.0 Å². The maximum Gasteiger partial charge on any atom is 0.405 e. The lowest BCUT2D eigenvalue weighted by Gasteiger charge is -2.39. The molecular weight excluding hydrogens is 305 g/mol. The summed E-state index contributed by atoms with van der Waals surface area (Å²) in [6.07, 6.45) is -1.13. The maximum atomic E-state index is 13.6. The van der Waals surface area contributed by atoms with E-state index < -0.39 is 23.4 Å². The minimum absolute atomic E-state index is 0.301. The van der Waals surface area contributed by atoms with Crippen molar-refractivity contribution in [2.24, 2.45) is 5.41 Å². The van der Waals surface area contributed by atoms with Crippen molar-refractivity contribution in [1.82, 2.24) is 5.32 Å². The second-order valence-corrected chi connectivity index (χ2v) is 5.82. The number of amides is 1. The average molecular weight is 318 g/mol. The van der Waals surface area contributed by atoms with Crippen molar-refractivity contribution < 1.29 is 19.0 Å². The van der Waals surface area contributed by atoms with E-state index in [9.17, 15) is 9.18 Å². The van der Waals surface area contributed by atoms with Gasteiger partial charge in [0.2, 0.25) is 0 Å². The number of hydrogen-bond donors (Lipinski definition) is 2. The van der Waals surface area contributed by atoms with E-state index in [1.165, 1.54) is 12.1 Å². The van der Waals surface area contributed by atoms with E-state index in [0.717, 1.165) is 0 Å². The fraction of sp³-hybridized carbons (Fsp3) is 0.417. The molecule has 0 radical (unpaired) electrons. The van der Waals surface area contributed by atoms with E-state index >= 15 is 0 Å². The number of rotatable bonds is 1. The normalized spacial score (nSPS) is 20.8. The zero-order valence-electron chi connectivity index (χ0n) is 9.96. The first-order valence-corrected chi connectivity index (χ1v) is 6.22. The molecule has 1 atom stereocenters. The van der Waals surface area contributed by atoms with Crippen molar-refractivity contribution in [2.75, 3.05) is 6.61 Å². The molecule has 1 aliphatic heterocycles. The molecule has 0 spiro atoms. The van der Waals surface area contributed by atoms with Crippen molar-refractivity contribution in [3.8, 4) is 5.75 Å². The predicted molar refractivity (Wildman–Crippen MR) is 67.3 cm³/mol. The standard InChI is InChI=1S/C12H13BrFNO3/c1-12(2)5-18-9-4-7(13)8(14)3-6(9)10(12)15-11(16)17/h3-4,10,15H,5H2,1-2H3,(H,16,17). The zero-order valence-corrected chi connectivity index (χ0v) is 11.5. The predicted octanol–water partition coefficient (Wildman–Crippen LogP) is 3.32. The Kier molecular flexibility index (Phi) is 3.23. The first-order chi connectivity index (χ1) is 8.31. The summed E-state index contributed by atoms with van der Waals surface area (Å²) in [6, 6.07) is 2.33. The summed E-state index contributed by atoms with van der Waals surface area (Å²) in [7, 11) is 0. The molecule has 98 valence electrons. The second-order valence-electron chi connectivity index (χ2n) is 4.96. The van der Waals surface area contributed by atoms with Gasteiger partial charge in [0.15, 0.2) is 0 Å². The molecule has 1 amide bonds. The third kappa shape index (κ3) is 2.29. The van der Waals surface area contributed by atoms with Gasteiger partial charge in [0.25, 0.3) is 0 Å². The summed E-state index contributed by atoms with van der Waals surface area (Å²) in [5.74, 6) is 0.0635. The van der Waals surface area contributed by atoms with Crippen LogP contribution in [0.25, 0.3) is 0 Å². The first kappa shape index (κ1) is 13.1. The molecule has 1 aromatic carbocycles. The third-order valence-electron chi connectivity index (χ3n) is 3.01. The molecule has 0 saturated carbocycles. The van der Waals surface area contributed by atoms with Crippen LogP contribution in [-0.2, 0) is 0 Å². The number of fused-ring (bicyclic) bond motifs is 1. The van der Waals surface area contributed by atoms with Crippen LogP contribution in [0.15, 0.2) is 16.6 Å². The molecule has 2 rings (SSSR count). The quantitative estimate of drug-likeness (QED) is 0.835. The van der Waals surface area contributed by atoms with Crippen molar-refractivity contribution in [3.63, 3.8) is 0 Å². The summed E-state index contributed by atoms with van der Waals surface area (Å²) < 4.78 is 19.4. The largest absolute Gasteiger partial charge is 0.493 e. The summed E-state index contributed by atoms with van der Waals surface area (Å²) in [5.41, 5.74) is 0.0837. The lowest BCUT2D eigenvalue weighted by atomic mass is 9.79. The van der Waals surface area contributed by atoms with Crippen molar-refractivity contribution >= 4 is 22.0 Å². The summed E-state index contributed by atoms with van der Waals surface area (Å²) in [4.78, 5) is 10.9. The lowest BCUT2D eigenvalue weighted by molar-refractivity contribution is 0.0991. The number of benzene rings is 1. The SMILES string of the molecule is CC1(C)COc2cc(Br)c(F)cc2C1NC(=O)O. The molecule has 0 fully saturated rings. The molecule has 4 nitrogen and oxygen atoms in total. The minimum Gasteiger partial charge on any atom is -0.493 e. The maximum absolute atomic E-state index is 13.6. The van der Waals surface area contributed by atoms with Crippen LogP contribution >= 0.6 is 15.9 Å². The third-order valence-corrected chi connectivity index (χ3v) is 3.62. The number of ether oxygens (including phenoxy) is 1. The molecule has 1 heterocycles. The highest BCUT2D eigenvalue weighted by Gasteiger charge is 2.39. The number of halogens is 2. The Hall–Kier alpha value is -1.30. The Morgan fingerprint density at radius 1 is 1.61 bits per heavy atom. The fourth-order valence-electron chi connectivity index (χ4n) is 2.06. The van der Waals surface area contributed by atoms with E-state index in [1.54, 1.807) is 0 Å². The van der Waals surface area contributed by atoms with Crippen LogP contribution in [-0.4, -0.2) is 17.8 Å². The molecule has 18 heavy (non-hydrogen) atoms. The van der Waals surface area contributed by atoms with Crippen LogP contribution in [0.3, 0.4) is 0 Å². The number of carboxylic acid groups (broad SMARTS) is 1. The van der Waals surface area contributed by atoms with Gasteiger partial charge in [-0.2, -0.15) is 0 Å². The molecule has 1 unspecified atom stereocenters. The Morgan fingerprint density at radius 2 is 2.28 bits per heavy atom. The van der Waals surface area contributed by atoms with Gasteiger partial charge < -0.3 is 15.2 Å². The first-order valence-electron chi connectivity index (χ1n) is 5.42. The van der Waals surface area contributed by atoms with E-state index in [2.05, 4.69) is 21.2 Å². The topological polar surface area (TPSA) is 58.6 Å². The zero-order chi connectivity index (χ0) is 13.5. The number of carbonyl (C=O) groups is 1. The second kappa shape index (κ2) is 4.42. The highest BCUT2D eigenvalue weighted by atomic mass is 79.9. The highest BCUT2D eigenvalue weighted by Crippen LogP contribution is 2.44. The van der Waals surface area contributed by atoms with Crippen LogP contribution < -0.4 is 10.1 Å². The molecular formula is C12H13BrFNO3. The van der Waals surface area contributed by atoms with Crippen LogP contribution in [0.4, 0.5) is 9.18 Å². The van der Waals surface area contributed by atoms with Crippen LogP contribution in [0.2, 0.25) is 0 Å². The monoisotopic (exact) mass is 317 g/mol. The molecule has 0 aliphatic carbocycles. The Labute approximate surface area is 112 Å². The van der Waals surface area contributed by atoms with Gasteiger partial charge in [0.05, 0.1) is 17.1 Å². The van der Waals surface area contributed by atoms with E-state index in [-0.39, 0.29) is 0 Å². The van der Waals surface area contributed by atoms with Crippen LogP contribution in [0.5, 0.6) is 5.75 Å². The lowest BCUT2D eigenvalue weighted by Crippen LogP contribution is -2.43. The van der Waals surface area contributed by atoms with Gasteiger partial charge in [-0.3, -0.25) is 0 Å². The summed E-state index contributed by atoms with van der Waals surface area (Å²) in [6.45, 7) is 4.11. The Bertz CT molecular complexity index is 504. The molecule has 0 bridgehead atoms. The number of hydrogen-bond acceptors (Lipinski definition) is 2. The molecule has 1 aliphatic rings. The highest BCUT2D eigenvalue weighted by molar-refractivity contribution is 9.10. The van der Waals surface area contributed by atoms with Crippen LogP contribution in [0, 0.1) is 11.2 Å². The van der Waals surface area contributed by atoms with E-state index in [4.69, 9.17) is 9.84 Å². The average Bonchev–Trinajstić information content (AvgIpc) is 2.25. The van der Waals surface area contributed by atoms with Crippen molar-refractivity contribution in [2.45, 2.75) is 19.9 Å². The molecule has 2 N–H and O–H groups in total. The fourth-order valence-corrected chi connectivity index (χ4v) is 2.38. The molecule has 1 aromatic rings.